The van der Waals surface area contributed by atoms with Crippen LogP contribution in [-0.4, -0.2) is 7.05 Å². The summed E-state index contributed by atoms with van der Waals surface area (Å²) in [6.45, 7) is 9.65. The van der Waals surface area contributed by atoms with Crippen molar-refractivity contribution in [3.05, 3.63) is 60.8 Å². The minimum absolute atomic E-state index is 0.870. The van der Waals surface area contributed by atoms with Crippen molar-refractivity contribution in [1.82, 2.24) is 5.32 Å². The maximum Gasteiger partial charge on any atom is 0.0381 e. The van der Waals surface area contributed by atoms with E-state index in [1.807, 2.05) is 25.4 Å². The minimum atomic E-state index is 0.870. The average Bonchev–Trinajstić information content (AvgIpc) is 2.30. The monoisotopic (exact) mass is 214 g/mol. The Morgan fingerprint density at radius 3 is 2.75 bits per heavy atom. The highest BCUT2D eigenvalue weighted by molar-refractivity contribution is 5.68. The first-order valence-electron chi connectivity index (χ1n) is 5.21. The number of hydrogen-bond donors (Lipinski definition) is 2. The Labute approximate surface area is 97.4 Å². The molecule has 0 aliphatic carbocycles. The van der Waals surface area contributed by atoms with E-state index in [0.717, 1.165) is 16.9 Å². The molecule has 2 nitrogen and oxygen atoms in total. The zero-order chi connectivity index (χ0) is 12.0. The number of benzene rings is 1. The average molecular weight is 214 g/mol. The maximum atomic E-state index is 3.98. The molecule has 0 bridgehead atoms. The zero-order valence-corrected chi connectivity index (χ0v) is 9.88. The Bertz CT molecular complexity index is 417. The Morgan fingerprint density at radius 2 is 2.12 bits per heavy atom. The van der Waals surface area contributed by atoms with Gasteiger partial charge in [0, 0.05) is 24.6 Å². The van der Waals surface area contributed by atoms with E-state index in [4.69, 9.17) is 0 Å². The van der Waals surface area contributed by atoms with E-state index in [9.17, 15) is 0 Å². The van der Waals surface area contributed by atoms with Crippen molar-refractivity contribution in [3.8, 4) is 0 Å². The van der Waals surface area contributed by atoms with Crippen LogP contribution in [0.5, 0.6) is 0 Å². The summed E-state index contributed by atoms with van der Waals surface area (Å²) in [6, 6.07) is 6.20. The van der Waals surface area contributed by atoms with Crippen LogP contribution < -0.4 is 10.6 Å². The molecule has 0 heterocycles. The van der Waals surface area contributed by atoms with Crippen LogP contribution in [-0.2, 0) is 0 Å². The van der Waals surface area contributed by atoms with E-state index in [2.05, 4.69) is 42.8 Å². The molecule has 0 saturated heterocycles. The van der Waals surface area contributed by atoms with E-state index in [-0.39, 0.29) is 0 Å². The Balaban J connectivity index is 2.83. The third kappa shape index (κ3) is 3.02. The molecule has 0 unspecified atom stereocenters. The summed E-state index contributed by atoms with van der Waals surface area (Å²) in [4.78, 5) is 0. The summed E-state index contributed by atoms with van der Waals surface area (Å²) < 4.78 is 0. The molecule has 1 aromatic carbocycles. The molecule has 0 radical (unpaired) electrons. The molecule has 16 heavy (non-hydrogen) atoms. The van der Waals surface area contributed by atoms with Gasteiger partial charge in [0.25, 0.3) is 0 Å². The third-order valence-corrected chi connectivity index (χ3v) is 2.35. The number of anilines is 1. The van der Waals surface area contributed by atoms with E-state index in [0.29, 0.717) is 0 Å². The lowest BCUT2D eigenvalue weighted by atomic mass is 10.1. The van der Waals surface area contributed by atoms with Crippen molar-refractivity contribution < 1.29 is 0 Å². The molecular formula is C14H18N2. The highest BCUT2D eigenvalue weighted by Gasteiger charge is 2.00. The van der Waals surface area contributed by atoms with Gasteiger partial charge in [-0.15, -0.1) is 0 Å². The molecule has 0 aliphatic rings. The molecule has 0 amide bonds. The molecule has 84 valence electrons. The molecule has 1 rings (SSSR count). The summed E-state index contributed by atoms with van der Waals surface area (Å²) in [7, 11) is 1.92. The predicted molar refractivity (Wildman–Crippen MR) is 72.2 cm³/mol. The number of nitrogens with one attached hydrogen (secondary N) is 2. The first-order chi connectivity index (χ1) is 7.69. The normalized spacial score (nSPS) is 10.1. The molecule has 2 heteroatoms. The second-order valence-electron chi connectivity index (χ2n) is 3.50. The summed E-state index contributed by atoms with van der Waals surface area (Å²) >= 11 is 0. The number of aryl methyl sites for hydroxylation is 1. The van der Waals surface area contributed by atoms with Crippen LogP contribution in [0.2, 0.25) is 0 Å². The second-order valence-corrected chi connectivity index (χ2v) is 3.50. The van der Waals surface area contributed by atoms with Crippen LogP contribution in [0.3, 0.4) is 0 Å². The molecule has 0 atom stereocenters. The van der Waals surface area contributed by atoms with Gasteiger partial charge in [0.05, 0.1) is 0 Å². The fraction of sp³-hybridized carbons (Fsp3) is 0.143. The SMILES string of the molecule is C=C/C=C/NC(=C)c1ccc(C)c(NC)c1. The molecule has 2 N–H and O–H groups in total. The molecular weight excluding hydrogens is 196 g/mol. The topological polar surface area (TPSA) is 24.1 Å². The van der Waals surface area contributed by atoms with Crippen molar-refractivity contribution in [2.24, 2.45) is 0 Å². The van der Waals surface area contributed by atoms with Gasteiger partial charge in [-0.3, -0.25) is 0 Å². The quantitative estimate of drug-likeness (QED) is 0.735. The van der Waals surface area contributed by atoms with Crippen molar-refractivity contribution >= 4 is 11.4 Å². The van der Waals surface area contributed by atoms with Crippen LogP contribution in [0, 0.1) is 6.92 Å². The van der Waals surface area contributed by atoms with Gasteiger partial charge in [-0.25, -0.2) is 0 Å². The summed E-state index contributed by atoms with van der Waals surface area (Å²) in [6.07, 6.45) is 5.36. The van der Waals surface area contributed by atoms with Gasteiger partial charge in [0.2, 0.25) is 0 Å². The maximum absolute atomic E-state index is 3.98. The van der Waals surface area contributed by atoms with Crippen molar-refractivity contribution in [1.29, 1.82) is 0 Å². The number of rotatable bonds is 5. The van der Waals surface area contributed by atoms with Crippen LogP contribution in [0.4, 0.5) is 5.69 Å². The Hall–Kier alpha value is -1.96. The molecule has 0 aromatic heterocycles. The third-order valence-electron chi connectivity index (χ3n) is 2.35. The molecule has 0 aliphatic heterocycles. The molecule has 0 fully saturated rings. The van der Waals surface area contributed by atoms with E-state index in [1.165, 1.54) is 5.56 Å². The van der Waals surface area contributed by atoms with Gasteiger partial charge in [0.15, 0.2) is 0 Å². The summed E-state index contributed by atoms with van der Waals surface area (Å²) in [5.74, 6) is 0. The van der Waals surface area contributed by atoms with Crippen molar-refractivity contribution in [2.45, 2.75) is 6.92 Å². The smallest absolute Gasteiger partial charge is 0.0381 e. The fourth-order valence-corrected chi connectivity index (χ4v) is 1.38. The van der Waals surface area contributed by atoms with Gasteiger partial charge in [0.1, 0.15) is 0 Å². The summed E-state index contributed by atoms with van der Waals surface area (Å²) in [5, 5.41) is 6.25. The molecule has 1 aromatic rings. The standard InChI is InChI=1S/C14H18N2/c1-5-6-9-16-12(3)13-8-7-11(2)14(10-13)15-4/h5-10,15-16H,1,3H2,2,4H3/b9-6+. The van der Waals surface area contributed by atoms with Crippen LogP contribution in [0.25, 0.3) is 5.70 Å². The van der Waals surface area contributed by atoms with E-state index in [1.54, 1.807) is 6.08 Å². The first-order valence-corrected chi connectivity index (χ1v) is 5.21. The largest absolute Gasteiger partial charge is 0.388 e. The van der Waals surface area contributed by atoms with Gasteiger partial charge in [-0.1, -0.05) is 31.4 Å². The zero-order valence-electron chi connectivity index (χ0n) is 9.88. The lowest BCUT2D eigenvalue weighted by Gasteiger charge is -2.10. The Kier molecular flexibility index (Phi) is 4.40. The molecule has 0 saturated carbocycles. The highest BCUT2D eigenvalue weighted by atomic mass is 14.9. The van der Waals surface area contributed by atoms with E-state index < -0.39 is 0 Å². The van der Waals surface area contributed by atoms with E-state index >= 15 is 0 Å². The van der Waals surface area contributed by atoms with Crippen LogP contribution in [0.1, 0.15) is 11.1 Å². The summed E-state index contributed by atoms with van der Waals surface area (Å²) in [5.41, 5.74) is 4.28. The molecule has 0 spiro atoms. The number of allylic oxidation sites excluding steroid dienone is 2. The second kappa shape index (κ2) is 5.81. The predicted octanol–water partition coefficient (Wildman–Crippen LogP) is 3.30. The lowest BCUT2D eigenvalue weighted by molar-refractivity contribution is 1.22. The van der Waals surface area contributed by atoms with Crippen molar-refractivity contribution in [2.75, 3.05) is 12.4 Å². The highest BCUT2D eigenvalue weighted by Crippen LogP contribution is 2.19. The first kappa shape index (κ1) is 12.1. The van der Waals surface area contributed by atoms with Gasteiger partial charge in [-0.05, 0) is 30.2 Å². The minimum Gasteiger partial charge on any atom is -0.388 e. The van der Waals surface area contributed by atoms with Gasteiger partial charge in [-0.2, -0.15) is 0 Å². The van der Waals surface area contributed by atoms with Crippen LogP contribution in [0.15, 0.2) is 49.7 Å². The number of hydrogen-bond acceptors (Lipinski definition) is 2. The van der Waals surface area contributed by atoms with Crippen LogP contribution >= 0.6 is 0 Å². The fourth-order valence-electron chi connectivity index (χ4n) is 1.38. The van der Waals surface area contributed by atoms with Gasteiger partial charge < -0.3 is 10.6 Å². The van der Waals surface area contributed by atoms with Gasteiger partial charge >= 0.3 is 0 Å². The van der Waals surface area contributed by atoms with Crippen molar-refractivity contribution in [3.63, 3.8) is 0 Å². The lowest BCUT2D eigenvalue weighted by Crippen LogP contribution is -2.03. The Morgan fingerprint density at radius 1 is 1.38 bits per heavy atom.